The van der Waals surface area contributed by atoms with Crippen LogP contribution < -0.4 is 5.32 Å². The molecule has 1 aromatic rings. The smallest absolute Gasteiger partial charge is 0.223 e. The molecule has 0 aliphatic carbocycles. The van der Waals surface area contributed by atoms with Crippen molar-refractivity contribution >= 4 is 21.8 Å². The minimum absolute atomic E-state index is 0.0788. The van der Waals surface area contributed by atoms with Gasteiger partial charge in [-0.3, -0.25) is 4.79 Å². The van der Waals surface area contributed by atoms with Crippen molar-refractivity contribution in [2.24, 2.45) is 5.92 Å². The number of halogens is 1. The molecule has 1 fully saturated rings. The summed E-state index contributed by atoms with van der Waals surface area (Å²) in [6.07, 6.45) is 1.67. The van der Waals surface area contributed by atoms with Crippen molar-refractivity contribution in [2.75, 3.05) is 19.8 Å². The second-order valence-corrected chi connectivity index (χ2v) is 6.91. The van der Waals surface area contributed by atoms with Crippen LogP contribution in [0, 0.1) is 5.92 Å². The number of carbonyl (C=O) groups excluding carboxylic acids is 1. The Morgan fingerprint density at radius 1 is 1.40 bits per heavy atom. The predicted octanol–water partition coefficient (Wildman–Crippen LogP) is 3.27. The van der Waals surface area contributed by atoms with Gasteiger partial charge in [0.05, 0.1) is 0 Å². The van der Waals surface area contributed by atoms with E-state index in [0.717, 1.165) is 17.3 Å². The number of rotatable bonds is 4. The summed E-state index contributed by atoms with van der Waals surface area (Å²) in [5.41, 5.74) is 1.14. The van der Waals surface area contributed by atoms with Crippen molar-refractivity contribution in [1.29, 1.82) is 0 Å². The summed E-state index contributed by atoms with van der Waals surface area (Å²) in [6.45, 7) is 6.36. The van der Waals surface area contributed by atoms with Crippen molar-refractivity contribution in [2.45, 2.75) is 32.1 Å². The maximum atomic E-state index is 12.2. The second-order valence-electron chi connectivity index (χ2n) is 6.00. The van der Waals surface area contributed by atoms with Gasteiger partial charge in [0.2, 0.25) is 5.91 Å². The molecule has 3 nitrogen and oxygen atoms in total. The van der Waals surface area contributed by atoms with Gasteiger partial charge in [0.25, 0.3) is 0 Å². The first-order valence-electron chi connectivity index (χ1n) is 7.10. The van der Waals surface area contributed by atoms with Gasteiger partial charge in [0, 0.05) is 35.6 Å². The molecule has 0 atom stereocenters. The maximum Gasteiger partial charge on any atom is 0.223 e. The molecule has 1 N–H and O–H groups in total. The third-order valence-electron chi connectivity index (χ3n) is 3.90. The van der Waals surface area contributed by atoms with E-state index in [-0.39, 0.29) is 17.2 Å². The van der Waals surface area contributed by atoms with Crippen LogP contribution >= 0.6 is 15.9 Å². The van der Waals surface area contributed by atoms with Gasteiger partial charge in [0.1, 0.15) is 0 Å². The molecule has 0 unspecified atom stereocenters. The fourth-order valence-electron chi connectivity index (χ4n) is 2.42. The highest BCUT2D eigenvalue weighted by atomic mass is 79.9. The first-order valence-corrected chi connectivity index (χ1v) is 7.90. The summed E-state index contributed by atoms with van der Waals surface area (Å²) in [5, 5.41) is 3.10. The highest BCUT2D eigenvalue weighted by molar-refractivity contribution is 9.10. The van der Waals surface area contributed by atoms with Crippen LogP contribution in [0.2, 0.25) is 0 Å². The molecule has 4 heteroatoms. The lowest BCUT2D eigenvalue weighted by atomic mass is 9.84. The quantitative estimate of drug-likeness (QED) is 0.914. The number of ether oxygens (including phenoxy) is 1. The van der Waals surface area contributed by atoms with E-state index in [2.05, 4.69) is 47.2 Å². The molecule has 2 rings (SSSR count). The Kier molecular flexibility index (Phi) is 5.22. The topological polar surface area (TPSA) is 38.3 Å². The lowest BCUT2D eigenvalue weighted by Crippen LogP contribution is -2.41. The zero-order valence-corrected chi connectivity index (χ0v) is 13.7. The van der Waals surface area contributed by atoms with Crippen LogP contribution in [0.5, 0.6) is 0 Å². The minimum Gasteiger partial charge on any atom is -0.381 e. The summed E-state index contributed by atoms with van der Waals surface area (Å²) in [4.78, 5) is 12.2. The fourth-order valence-corrected chi connectivity index (χ4v) is 2.82. The normalized spacial score (nSPS) is 16.9. The average Bonchev–Trinajstić information content (AvgIpc) is 2.46. The van der Waals surface area contributed by atoms with E-state index in [9.17, 15) is 4.79 Å². The molecule has 1 heterocycles. The van der Waals surface area contributed by atoms with Crippen LogP contribution in [0.1, 0.15) is 32.3 Å². The van der Waals surface area contributed by atoms with E-state index in [4.69, 9.17) is 4.74 Å². The summed E-state index contributed by atoms with van der Waals surface area (Å²) < 4.78 is 6.36. The van der Waals surface area contributed by atoms with E-state index in [1.54, 1.807) is 0 Å². The van der Waals surface area contributed by atoms with E-state index < -0.39 is 0 Å². The molecule has 0 spiro atoms. The molecule has 1 aromatic carbocycles. The van der Waals surface area contributed by atoms with Crippen molar-refractivity contribution in [1.82, 2.24) is 5.32 Å². The molecule has 1 aliphatic heterocycles. The predicted molar refractivity (Wildman–Crippen MR) is 83.7 cm³/mol. The van der Waals surface area contributed by atoms with Gasteiger partial charge < -0.3 is 10.1 Å². The van der Waals surface area contributed by atoms with Crippen molar-refractivity contribution in [3.63, 3.8) is 0 Å². The van der Waals surface area contributed by atoms with E-state index in [1.165, 1.54) is 5.56 Å². The van der Waals surface area contributed by atoms with Crippen LogP contribution in [0.15, 0.2) is 28.7 Å². The zero-order chi connectivity index (χ0) is 14.6. The molecule has 1 amide bonds. The summed E-state index contributed by atoms with van der Waals surface area (Å²) in [7, 11) is 0. The number of carbonyl (C=O) groups is 1. The summed E-state index contributed by atoms with van der Waals surface area (Å²) in [6, 6.07) is 8.26. The molecular weight excluding hydrogens is 318 g/mol. The molecular formula is C16H22BrNO2. The Balaban J connectivity index is 1.93. The van der Waals surface area contributed by atoms with Crippen LogP contribution in [0.4, 0.5) is 0 Å². The number of amides is 1. The van der Waals surface area contributed by atoms with Crippen LogP contribution in [-0.4, -0.2) is 25.7 Å². The third kappa shape index (κ3) is 4.06. The molecule has 110 valence electrons. The lowest BCUT2D eigenvalue weighted by molar-refractivity contribution is -0.128. The van der Waals surface area contributed by atoms with Gasteiger partial charge in [-0.05, 0) is 30.5 Å². The molecule has 1 aliphatic rings. The summed E-state index contributed by atoms with van der Waals surface area (Å²) >= 11 is 3.50. The minimum atomic E-state index is -0.0788. The van der Waals surface area contributed by atoms with E-state index in [1.807, 2.05) is 12.1 Å². The van der Waals surface area contributed by atoms with Gasteiger partial charge in [0.15, 0.2) is 0 Å². The fraction of sp³-hybridized carbons (Fsp3) is 0.562. The van der Waals surface area contributed by atoms with Gasteiger partial charge in [-0.1, -0.05) is 41.9 Å². The Bertz CT molecular complexity index is 467. The SMILES string of the molecule is CC(C)(CNC(=O)C1CCOCC1)c1cccc(Br)c1. The largest absolute Gasteiger partial charge is 0.381 e. The van der Waals surface area contributed by atoms with Crippen LogP contribution in [0.3, 0.4) is 0 Å². The number of benzene rings is 1. The number of nitrogens with one attached hydrogen (secondary N) is 1. The second kappa shape index (κ2) is 6.72. The first kappa shape index (κ1) is 15.5. The first-order chi connectivity index (χ1) is 9.49. The summed E-state index contributed by atoms with van der Waals surface area (Å²) in [5.74, 6) is 0.276. The monoisotopic (exact) mass is 339 g/mol. The Hall–Kier alpha value is -0.870. The van der Waals surface area contributed by atoms with Crippen molar-refractivity contribution in [3.8, 4) is 0 Å². The number of hydrogen-bond donors (Lipinski definition) is 1. The van der Waals surface area contributed by atoms with Crippen LogP contribution in [-0.2, 0) is 14.9 Å². The Labute approximate surface area is 129 Å². The highest BCUT2D eigenvalue weighted by Gasteiger charge is 2.25. The molecule has 1 saturated heterocycles. The van der Waals surface area contributed by atoms with Crippen molar-refractivity contribution in [3.05, 3.63) is 34.3 Å². The maximum absolute atomic E-state index is 12.2. The molecule has 0 aromatic heterocycles. The van der Waals surface area contributed by atoms with Crippen molar-refractivity contribution < 1.29 is 9.53 Å². The molecule has 0 bridgehead atoms. The highest BCUT2D eigenvalue weighted by Crippen LogP contribution is 2.25. The van der Waals surface area contributed by atoms with E-state index in [0.29, 0.717) is 19.8 Å². The standard InChI is InChI=1S/C16H22BrNO2/c1-16(2,13-4-3-5-14(17)10-13)11-18-15(19)12-6-8-20-9-7-12/h3-5,10,12H,6-9,11H2,1-2H3,(H,18,19). The molecule has 0 radical (unpaired) electrons. The van der Waals surface area contributed by atoms with E-state index >= 15 is 0 Å². The lowest BCUT2D eigenvalue weighted by Gasteiger charge is -2.28. The zero-order valence-electron chi connectivity index (χ0n) is 12.1. The Morgan fingerprint density at radius 3 is 2.75 bits per heavy atom. The van der Waals surface area contributed by atoms with Gasteiger partial charge in [-0.15, -0.1) is 0 Å². The molecule has 20 heavy (non-hydrogen) atoms. The Morgan fingerprint density at radius 2 is 2.10 bits per heavy atom. The average molecular weight is 340 g/mol. The van der Waals surface area contributed by atoms with Gasteiger partial charge in [-0.25, -0.2) is 0 Å². The van der Waals surface area contributed by atoms with Crippen LogP contribution in [0.25, 0.3) is 0 Å². The van der Waals surface area contributed by atoms with Gasteiger partial charge >= 0.3 is 0 Å². The third-order valence-corrected chi connectivity index (χ3v) is 4.40. The number of hydrogen-bond acceptors (Lipinski definition) is 2. The van der Waals surface area contributed by atoms with Gasteiger partial charge in [-0.2, -0.15) is 0 Å². The molecule has 0 saturated carbocycles.